The molecule has 10 heteroatoms. The fourth-order valence-corrected chi connectivity index (χ4v) is 4.13. The van der Waals surface area contributed by atoms with Crippen LogP contribution >= 0.6 is 34.8 Å². The van der Waals surface area contributed by atoms with Crippen LogP contribution in [0.15, 0.2) is 30.5 Å². The van der Waals surface area contributed by atoms with Crippen molar-refractivity contribution in [3.05, 3.63) is 56.7 Å². The molecule has 3 amide bonds. The zero-order valence-corrected chi connectivity index (χ0v) is 18.0. The molecule has 0 aliphatic carbocycles. The van der Waals surface area contributed by atoms with Gasteiger partial charge in [-0.3, -0.25) is 24.2 Å². The molecule has 7 nitrogen and oxygen atoms in total. The third-order valence-corrected chi connectivity index (χ3v) is 6.15. The van der Waals surface area contributed by atoms with Crippen LogP contribution in [-0.4, -0.2) is 52.3 Å². The van der Waals surface area contributed by atoms with Crippen molar-refractivity contribution in [1.82, 2.24) is 14.8 Å². The lowest BCUT2D eigenvalue weighted by Gasteiger charge is -2.33. The van der Waals surface area contributed by atoms with Gasteiger partial charge >= 0.3 is 0 Å². The van der Waals surface area contributed by atoms with Crippen molar-refractivity contribution >= 4 is 58.3 Å². The number of benzene rings is 1. The Labute approximate surface area is 187 Å². The van der Waals surface area contributed by atoms with E-state index in [1.54, 1.807) is 12.1 Å². The third kappa shape index (κ3) is 4.16. The van der Waals surface area contributed by atoms with Crippen LogP contribution in [0.1, 0.15) is 33.6 Å². The molecule has 0 saturated carbocycles. The monoisotopic (exact) mass is 466 g/mol. The number of carbonyl (C=O) groups is 3. The maximum absolute atomic E-state index is 12.7. The Morgan fingerprint density at radius 1 is 1.10 bits per heavy atom. The van der Waals surface area contributed by atoms with Gasteiger partial charge in [-0.2, -0.15) is 0 Å². The minimum atomic E-state index is -0.412. The summed E-state index contributed by atoms with van der Waals surface area (Å²) in [4.78, 5) is 45.2. The Morgan fingerprint density at radius 2 is 1.77 bits per heavy atom. The number of nitrogens with zero attached hydrogens (tertiary/aromatic N) is 3. The minimum absolute atomic E-state index is 0.102. The smallest absolute Gasteiger partial charge is 0.262 e. The van der Waals surface area contributed by atoms with E-state index in [4.69, 9.17) is 34.8 Å². The van der Waals surface area contributed by atoms with Crippen molar-refractivity contribution in [1.29, 1.82) is 0 Å². The number of carbonyl (C=O) groups excluding carboxylic acids is 3. The van der Waals surface area contributed by atoms with Crippen LogP contribution in [0.2, 0.25) is 15.1 Å². The molecule has 2 aliphatic rings. The number of nitrogens with one attached hydrogen (secondary N) is 1. The minimum Gasteiger partial charge on any atom is -0.310 e. The van der Waals surface area contributed by atoms with Gasteiger partial charge in [0.25, 0.3) is 11.8 Å². The number of aromatic nitrogens is 1. The Kier molecular flexibility index (Phi) is 5.97. The molecule has 1 aromatic heterocycles. The van der Waals surface area contributed by atoms with Gasteiger partial charge < -0.3 is 5.32 Å². The fourth-order valence-electron chi connectivity index (χ4n) is 3.69. The van der Waals surface area contributed by atoms with E-state index in [0.29, 0.717) is 30.4 Å². The summed E-state index contributed by atoms with van der Waals surface area (Å²) in [6, 6.07) is 6.13. The molecule has 1 atom stereocenters. The second kappa shape index (κ2) is 8.51. The largest absolute Gasteiger partial charge is 0.310 e. The molecule has 1 N–H and O–H groups in total. The summed E-state index contributed by atoms with van der Waals surface area (Å²) in [7, 11) is 0. The van der Waals surface area contributed by atoms with Gasteiger partial charge in [-0.05, 0) is 43.7 Å². The topological polar surface area (TPSA) is 82.6 Å². The van der Waals surface area contributed by atoms with Gasteiger partial charge in [-0.25, -0.2) is 4.98 Å². The summed E-state index contributed by atoms with van der Waals surface area (Å²) in [5.74, 6) is -0.836. The maximum atomic E-state index is 12.7. The van der Waals surface area contributed by atoms with Crippen LogP contribution in [0.4, 0.5) is 5.82 Å². The Morgan fingerprint density at radius 3 is 2.37 bits per heavy atom. The van der Waals surface area contributed by atoms with Gasteiger partial charge in [0.2, 0.25) is 5.91 Å². The third-order valence-electron chi connectivity index (χ3n) is 5.21. The highest BCUT2D eigenvalue weighted by Gasteiger charge is 2.38. The van der Waals surface area contributed by atoms with Crippen LogP contribution in [-0.2, 0) is 4.79 Å². The lowest BCUT2D eigenvalue weighted by atomic mass is 9.97. The molecule has 3 heterocycles. The Balaban J connectivity index is 1.42. The van der Waals surface area contributed by atoms with E-state index in [-0.39, 0.29) is 39.7 Å². The normalized spacial score (nSPS) is 19.2. The molecular formula is C20H17Cl3N4O3. The van der Waals surface area contributed by atoms with Crippen LogP contribution in [0.3, 0.4) is 0 Å². The van der Waals surface area contributed by atoms with E-state index >= 15 is 0 Å². The number of fused-ring (bicyclic) bond motifs is 1. The molecule has 2 aliphatic heterocycles. The van der Waals surface area contributed by atoms with Gasteiger partial charge in [0.15, 0.2) is 0 Å². The number of anilines is 1. The highest BCUT2D eigenvalue weighted by Crippen LogP contribution is 2.32. The van der Waals surface area contributed by atoms with Gasteiger partial charge in [-0.15, -0.1) is 0 Å². The second-order valence-electron chi connectivity index (χ2n) is 7.26. The zero-order valence-electron chi connectivity index (χ0n) is 15.7. The molecule has 2 aromatic rings. The predicted molar refractivity (Wildman–Crippen MR) is 114 cm³/mol. The molecule has 0 spiro atoms. The molecule has 4 rings (SSSR count). The fraction of sp³-hybridized carbons (Fsp3) is 0.300. The van der Waals surface area contributed by atoms with Crippen molar-refractivity contribution in [2.24, 2.45) is 5.92 Å². The molecule has 1 saturated heterocycles. The second-order valence-corrected chi connectivity index (χ2v) is 8.51. The molecule has 1 unspecified atom stereocenters. The average Bonchev–Trinajstić information content (AvgIpc) is 2.95. The van der Waals surface area contributed by atoms with Gasteiger partial charge in [0.05, 0.1) is 38.8 Å². The van der Waals surface area contributed by atoms with E-state index in [0.717, 1.165) is 6.42 Å². The van der Waals surface area contributed by atoms with Crippen molar-refractivity contribution in [2.45, 2.75) is 12.8 Å². The molecule has 0 radical (unpaired) electrons. The lowest BCUT2D eigenvalue weighted by molar-refractivity contribution is -0.121. The first kappa shape index (κ1) is 21.1. The number of imide groups is 1. The number of likely N-dealkylation sites (tertiary alicyclic amines) is 1. The summed E-state index contributed by atoms with van der Waals surface area (Å²) in [5, 5.41) is 3.72. The number of hydrogen-bond donors (Lipinski definition) is 1. The van der Waals surface area contributed by atoms with E-state index in [1.807, 2.05) is 4.90 Å². The van der Waals surface area contributed by atoms with E-state index in [9.17, 15) is 14.4 Å². The summed E-state index contributed by atoms with van der Waals surface area (Å²) in [5.41, 5.74) is 0.490. The molecule has 1 fully saturated rings. The number of pyridine rings is 1. The van der Waals surface area contributed by atoms with Crippen LogP contribution in [0, 0.1) is 5.92 Å². The van der Waals surface area contributed by atoms with Crippen molar-refractivity contribution in [3.63, 3.8) is 0 Å². The quantitative estimate of drug-likeness (QED) is 0.689. The molecule has 156 valence electrons. The average molecular weight is 468 g/mol. The SMILES string of the molecule is O=C(Nc1ccc(Cl)cn1)C1CCCN(CN2C(=O)c3cc(Cl)c(Cl)cc3C2=O)C1. The van der Waals surface area contributed by atoms with Crippen LogP contribution < -0.4 is 5.32 Å². The van der Waals surface area contributed by atoms with E-state index in [1.165, 1.54) is 23.2 Å². The Bertz CT molecular complexity index is 988. The molecule has 30 heavy (non-hydrogen) atoms. The molecule has 0 bridgehead atoms. The van der Waals surface area contributed by atoms with Crippen molar-refractivity contribution < 1.29 is 14.4 Å². The van der Waals surface area contributed by atoms with E-state index in [2.05, 4.69) is 10.3 Å². The summed E-state index contributed by atoms with van der Waals surface area (Å²) < 4.78 is 0. The van der Waals surface area contributed by atoms with Gasteiger partial charge in [0.1, 0.15) is 5.82 Å². The van der Waals surface area contributed by atoms with Crippen molar-refractivity contribution in [2.75, 3.05) is 25.1 Å². The zero-order chi connectivity index (χ0) is 21.4. The lowest BCUT2D eigenvalue weighted by Crippen LogP contribution is -2.47. The highest BCUT2D eigenvalue weighted by molar-refractivity contribution is 6.43. The van der Waals surface area contributed by atoms with Gasteiger partial charge in [0, 0.05) is 12.7 Å². The molecular weight excluding hydrogens is 451 g/mol. The molecule has 1 aromatic carbocycles. The summed E-state index contributed by atoms with van der Waals surface area (Å²) >= 11 is 17.8. The number of amides is 3. The first-order valence-electron chi connectivity index (χ1n) is 9.33. The standard InChI is InChI=1S/C20H17Cl3N4O3/c21-12-3-4-17(24-8-12)25-18(28)11-2-1-5-26(9-11)10-27-19(29)13-6-15(22)16(23)7-14(13)20(27)30/h3-4,6-8,11H,1-2,5,9-10H2,(H,24,25,28). The number of hydrogen-bond acceptors (Lipinski definition) is 5. The van der Waals surface area contributed by atoms with Crippen LogP contribution in [0.5, 0.6) is 0 Å². The summed E-state index contributed by atoms with van der Waals surface area (Å²) in [6.07, 6.45) is 2.95. The number of rotatable bonds is 4. The van der Waals surface area contributed by atoms with Crippen molar-refractivity contribution in [3.8, 4) is 0 Å². The van der Waals surface area contributed by atoms with Crippen LogP contribution in [0.25, 0.3) is 0 Å². The first-order valence-corrected chi connectivity index (χ1v) is 10.5. The predicted octanol–water partition coefficient (Wildman–Crippen LogP) is 3.95. The maximum Gasteiger partial charge on any atom is 0.262 e. The number of halogens is 3. The number of piperidine rings is 1. The van der Waals surface area contributed by atoms with Gasteiger partial charge in [-0.1, -0.05) is 34.8 Å². The van der Waals surface area contributed by atoms with E-state index < -0.39 is 11.8 Å². The Hall–Kier alpha value is -2.19. The summed E-state index contributed by atoms with van der Waals surface area (Å²) in [6.45, 7) is 1.21. The highest BCUT2D eigenvalue weighted by atomic mass is 35.5. The first-order chi connectivity index (χ1) is 14.3.